The molecule has 5 heteroatoms. The zero-order valence-corrected chi connectivity index (χ0v) is 6.11. The van der Waals surface area contributed by atoms with E-state index in [4.69, 9.17) is 5.73 Å². The second kappa shape index (κ2) is 2.30. The number of aromatic amines is 1. The van der Waals surface area contributed by atoms with Gasteiger partial charge in [-0.2, -0.15) is 0 Å². The van der Waals surface area contributed by atoms with Crippen LogP contribution in [0.2, 0.25) is 0 Å². The highest BCUT2D eigenvalue weighted by molar-refractivity contribution is 5.97. The topological polar surface area (TPSA) is 84.7 Å². The molecule has 0 saturated carbocycles. The van der Waals surface area contributed by atoms with Crippen LogP contribution >= 0.6 is 0 Å². The maximum atomic E-state index is 10.5. The third-order valence-corrected chi connectivity index (χ3v) is 1.65. The van der Waals surface area contributed by atoms with Crippen molar-refractivity contribution in [2.75, 3.05) is 5.73 Å². The second-order valence-electron chi connectivity index (χ2n) is 2.34. The van der Waals surface area contributed by atoms with Gasteiger partial charge in [0.2, 0.25) is 0 Å². The van der Waals surface area contributed by atoms with Crippen molar-refractivity contribution in [3.8, 4) is 0 Å². The highest BCUT2D eigenvalue weighted by Crippen LogP contribution is 2.16. The van der Waals surface area contributed by atoms with Gasteiger partial charge in [-0.25, -0.2) is 9.97 Å². The van der Waals surface area contributed by atoms with E-state index in [1.807, 2.05) is 0 Å². The van der Waals surface area contributed by atoms with Crippen molar-refractivity contribution in [3.05, 3.63) is 18.1 Å². The van der Waals surface area contributed by atoms with Gasteiger partial charge in [0, 0.05) is 6.20 Å². The number of carbonyl (C=O) groups excluding carboxylic acids is 1. The number of aromatic nitrogens is 3. The van der Waals surface area contributed by atoms with E-state index in [-0.39, 0.29) is 0 Å². The molecule has 0 aromatic carbocycles. The summed E-state index contributed by atoms with van der Waals surface area (Å²) in [6, 6.07) is 0. The molecule has 2 rings (SSSR count). The predicted molar refractivity (Wildman–Crippen MR) is 43.7 cm³/mol. The van der Waals surface area contributed by atoms with Gasteiger partial charge >= 0.3 is 0 Å². The van der Waals surface area contributed by atoms with E-state index in [9.17, 15) is 4.79 Å². The molecular formula is C7H6N4O. The number of anilines is 1. The number of carbonyl (C=O) groups is 1. The first-order valence-electron chi connectivity index (χ1n) is 3.35. The standard InChI is InChI=1S/C7H6N4O/c8-7-6-5(10-3-11-7)4(2-12)1-9-6/h1-3,9H,(H2,8,10,11). The Morgan fingerprint density at radius 2 is 2.33 bits per heavy atom. The molecule has 12 heavy (non-hydrogen) atoms. The molecule has 0 unspecified atom stereocenters. The van der Waals surface area contributed by atoms with E-state index >= 15 is 0 Å². The molecule has 2 heterocycles. The fourth-order valence-electron chi connectivity index (χ4n) is 1.07. The van der Waals surface area contributed by atoms with Crippen molar-refractivity contribution < 1.29 is 4.79 Å². The van der Waals surface area contributed by atoms with Crippen LogP contribution in [-0.4, -0.2) is 21.2 Å². The number of rotatable bonds is 1. The summed E-state index contributed by atoms with van der Waals surface area (Å²) in [5.41, 5.74) is 7.20. The van der Waals surface area contributed by atoms with Crippen molar-refractivity contribution in [2.24, 2.45) is 0 Å². The molecule has 0 aliphatic carbocycles. The van der Waals surface area contributed by atoms with Crippen LogP contribution in [0.4, 0.5) is 5.82 Å². The lowest BCUT2D eigenvalue weighted by Crippen LogP contribution is -1.92. The van der Waals surface area contributed by atoms with Gasteiger partial charge in [-0.1, -0.05) is 0 Å². The smallest absolute Gasteiger partial charge is 0.153 e. The average Bonchev–Trinajstić information content (AvgIpc) is 2.49. The van der Waals surface area contributed by atoms with Gasteiger partial charge in [0.05, 0.1) is 5.56 Å². The zero-order chi connectivity index (χ0) is 8.55. The molecule has 0 spiro atoms. The number of nitrogens with one attached hydrogen (secondary N) is 1. The number of fused-ring (bicyclic) bond motifs is 1. The van der Waals surface area contributed by atoms with Crippen LogP contribution in [0.25, 0.3) is 11.0 Å². The van der Waals surface area contributed by atoms with Gasteiger partial charge in [0.25, 0.3) is 0 Å². The Morgan fingerprint density at radius 3 is 3.08 bits per heavy atom. The van der Waals surface area contributed by atoms with Gasteiger partial charge in [0.1, 0.15) is 17.4 Å². The summed E-state index contributed by atoms with van der Waals surface area (Å²) in [5.74, 6) is 0.355. The predicted octanol–water partition coefficient (Wildman–Crippen LogP) is 0.353. The molecule has 0 radical (unpaired) electrons. The first-order valence-corrected chi connectivity index (χ1v) is 3.35. The molecule has 2 aromatic heterocycles. The number of aldehydes is 1. The lowest BCUT2D eigenvalue weighted by molar-refractivity contribution is 0.112. The second-order valence-corrected chi connectivity index (χ2v) is 2.34. The Labute approximate surface area is 67.6 Å². The summed E-state index contributed by atoms with van der Waals surface area (Å²) in [6.45, 7) is 0. The van der Waals surface area contributed by atoms with E-state index in [0.717, 1.165) is 6.29 Å². The minimum atomic E-state index is 0.355. The molecule has 0 aliphatic heterocycles. The molecular weight excluding hydrogens is 156 g/mol. The van der Waals surface area contributed by atoms with E-state index < -0.39 is 0 Å². The Hall–Kier alpha value is -1.91. The third kappa shape index (κ3) is 0.763. The molecule has 60 valence electrons. The Kier molecular flexibility index (Phi) is 1.30. The van der Waals surface area contributed by atoms with E-state index in [0.29, 0.717) is 22.4 Å². The number of H-pyrrole nitrogens is 1. The fraction of sp³-hybridized carbons (Fsp3) is 0. The SMILES string of the molecule is Nc1ncnc2c(C=O)c[nH]c12. The minimum absolute atomic E-state index is 0.355. The molecule has 2 aromatic rings. The van der Waals surface area contributed by atoms with Crippen molar-refractivity contribution in [1.82, 2.24) is 15.0 Å². The van der Waals surface area contributed by atoms with Crippen LogP contribution in [0.15, 0.2) is 12.5 Å². The largest absolute Gasteiger partial charge is 0.382 e. The van der Waals surface area contributed by atoms with Crippen molar-refractivity contribution in [1.29, 1.82) is 0 Å². The maximum absolute atomic E-state index is 10.5. The number of hydrogen-bond acceptors (Lipinski definition) is 4. The first-order chi connectivity index (χ1) is 5.83. The molecule has 0 amide bonds. The van der Waals surface area contributed by atoms with Crippen molar-refractivity contribution >= 4 is 23.1 Å². The molecule has 0 fully saturated rings. The van der Waals surface area contributed by atoms with Gasteiger partial charge in [-0.3, -0.25) is 4.79 Å². The number of hydrogen-bond donors (Lipinski definition) is 2. The van der Waals surface area contributed by atoms with Gasteiger partial charge in [0.15, 0.2) is 12.1 Å². The molecule has 0 aliphatic rings. The van der Waals surface area contributed by atoms with Gasteiger partial charge < -0.3 is 10.7 Å². The minimum Gasteiger partial charge on any atom is -0.382 e. The Balaban J connectivity index is 2.88. The zero-order valence-electron chi connectivity index (χ0n) is 6.11. The first kappa shape index (κ1) is 6.78. The summed E-state index contributed by atoms with van der Waals surface area (Å²) in [6.07, 6.45) is 3.62. The quantitative estimate of drug-likeness (QED) is 0.592. The molecule has 3 N–H and O–H groups in total. The normalized spacial score (nSPS) is 10.3. The fourth-order valence-corrected chi connectivity index (χ4v) is 1.07. The summed E-state index contributed by atoms with van der Waals surface area (Å²) < 4.78 is 0. The Bertz CT molecular complexity index is 434. The van der Waals surface area contributed by atoms with Crippen molar-refractivity contribution in [3.63, 3.8) is 0 Å². The number of nitrogens with zero attached hydrogens (tertiary/aromatic N) is 2. The van der Waals surface area contributed by atoms with Gasteiger partial charge in [-0.05, 0) is 0 Å². The monoisotopic (exact) mass is 162 g/mol. The summed E-state index contributed by atoms with van der Waals surface area (Å²) in [7, 11) is 0. The van der Waals surface area contributed by atoms with Crippen LogP contribution < -0.4 is 5.73 Å². The maximum Gasteiger partial charge on any atom is 0.153 e. The van der Waals surface area contributed by atoms with Crippen LogP contribution in [0, 0.1) is 0 Å². The van der Waals surface area contributed by atoms with Crippen LogP contribution in [0.1, 0.15) is 10.4 Å². The van der Waals surface area contributed by atoms with E-state index in [2.05, 4.69) is 15.0 Å². The van der Waals surface area contributed by atoms with E-state index in [1.165, 1.54) is 6.33 Å². The summed E-state index contributed by atoms with van der Waals surface area (Å²) >= 11 is 0. The number of nitrogens with two attached hydrogens (primary N) is 1. The number of nitrogen functional groups attached to an aromatic ring is 1. The lowest BCUT2D eigenvalue weighted by Gasteiger charge is -1.92. The lowest BCUT2D eigenvalue weighted by atomic mass is 10.3. The molecule has 0 saturated heterocycles. The Morgan fingerprint density at radius 1 is 1.50 bits per heavy atom. The average molecular weight is 162 g/mol. The molecule has 5 nitrogen and oxygen atoms in total. The van der Waals surface area contributed by atoms with E-state index in [1.54, 1.807) is 6.20 Å². The highest BCUT2D eigenvalue weighted by Gasteiger charge is 2.05. The molecule has 0 atom stereocenters. The van der Waals surface area contributed by atoms with Crippen LogP contribution in [-0.2, 0) is 0 Å². The highest BCUT2D eigenvalue weighted by atomic mass is 16.1. The van der Waals surface area contributed by atoms with Gasteiger partial charge in [-0.15, -0.1) is 0 Å². The van der Waals surface area contributed by atoms with Crippen molar-refractivity contribution in [2.45, 2.75) is 0 Å². The summed E-state index contributed by atoms with van der Waals surface area (Å²) in [5, 5.41) is 0. The summed E-state index contributed by atoms with van der Waals surface area (Å²) in [4.78, 5) is 21.0. The van der Waals surface area contributed by atoms with Crippen LogP contribution in [0.3, 0.4) is 0 Å². The third-order valence-electron chi connectivity index (χ3n) is 1.65. The molecule has 0 bridgehead atoms. The van der Waals surface area contributed by atoms with Crippen LogP contribution in [0.5, 0.6) is 0 Å².